The zero-order valence-electron chi connectivity index (χ0n) is 20.5. The molecule has 33 heavy (non-hydrogen) atoms. The zero-order chi connectivity index (χ0) is 24.0. The lowest BCUT2D eigenvalue weighted by Gasteiger charge is -2.36. The van der Waals surface area contributed by atoms with E-state index in [9.17, 15) is 4.79 Å². The number of benzene rings is 1. The van der Waals surface area contributed by atoms with Crippen molar-refractivity contribution in [3.63, 3.8) is 0 Å². The average molecular weight is 463 g/mol. The van der Waals surface area contributed by atoms with Gasteiger partial charge in [-0.2, -0.15) is 5.10 Å². The van der Waals surface area contributed by atoms with E-state index < -0.39 is 0 Å². The van der Waals surface area contributed by atoms with Crippen molar-refractivity contribution in [2.24, 2.45) is 16.4 Å². The maximum absolute atomic E-state index is 12.5. The fourth-order valence-corrected chi connectivity index (χ4v) is 5.02. The molecule has 3 rings (SSSR count). The summed E-state index contributed by atoms with van der Waals surface area (Å²) in [5, 5.41) is 5.04. The molecule has 174 valence electrons. The number of aryl methyl sites for hydroxylation is 2. The topological polar surface area (TPSA) is 67.2 Å². The van der Waals surface area contributed by atoms with Gasteiger partial charge < -0.3 is 0 Å². The van der Waals surface area contributed by atoms with Crippen LogP contribution in [0.2, 0.25) is 0 Å². The van der Waals surface area contributed by atoms with Crippen LogP contribution in [0.1, 0.15) is 67.8 Å². The Balaban J connectivity index is 1.55. The summed E-state index contributed by atoms with van der Waals surface area (Å²) in [6, 6.07) is 9.54. The molecule has 0 radical (unpaired) electrons. The fraction of sp³-hybridized carbons (Fsp3) is 0.407. The van der Waals surface area contributed by atoms with E-state index in [4.69, 9.17) is 0 Å². The number of carbonyl (C=O) groups excluding carboxylic acids is 1. The van der Waals surface area contributed by atoms with Gasteiger partial charge in [0.2, 0.25) is 0 Å². The molecule has 6 heteroatoms. The summed E-state index contributed by atoms with van der Waals surface area (Å²) in [4.78, 5) is 21.4. The van der Waals surface area contributed by atoms with Crippen molar-refractivity contribution in [2.45, 2.75) is 65.3 Å². The van der Waals surface area contributed by atoms with Gasteiger partial charge in [0.05, 0.1) is 5.71 Å². The fourth-order valence-electron chi connectivity index (χ4n) is 4.12. The van der Waals surface area contributed by atoms with Crippen LogP contribution in [-0.2, 0) is 5.75 Å². The van der Waals surface area contributed by atoms with Gasteiger partial charge in [0.1, 0.15) is 0 Å². The van der Waals surface area contributed by atoms with Crippen LogP contribution in [0.3, 0.4) is 0 Å². The van der Waals surface area contributed by atoms with Crippen LogP contribution < -0.4 is 5.43 Å². The van der Waals surface area contributed by atoms with Gasteiger partial charge in [0.25, 0.3) is 5.91 Å². The van der Waals surface area contributed by atoms with Crippen molar-refractivity contribution in [1.82, 2.24) is 15.4 Å². The van der Waals surface area contributed by atoms with Crippen LogP contribution >= 0.6 is 11.8 Å². The van der Waals surface area contributed by atoms with E-state index in [-0.39, 0.29) is 11.3 Å². The Bertz CT molecular complexity index is 1060. The Morgan fingerprint density at radius 3 is 2.48 bits per heavy atom. The third-order valence-corrected chi connectivity index (χ3v) is 6.92. The molecular weight excluding hydrogens is 428 g/mol. The normalized spacial score (nSPS) is 18.3. The number of hydrogen-bond acceptors (Lipinski definition) is 5. The molecule has 1 aromatic heterocycles. The van der Waals surface area contributed by atoms with Gasteiger partial charge in [-0.05, 0) is 75.8 Å². The second kappa shape index (κ2) is 10.9. The van der Waals surface area contributed by atoms with Crippen LogP contribution in [0, 0.1) is 25.2 Å². The average Bonchev–Trinajstić information content (AvgIpc) is 2.75. The molecule has 0 fully saturated rings. The predicted molar refractivity (Wildman–Crippen MR) is 137 cm³/mol. The number of hydrazone groups is 1. The Kier molecular flexibility index (Phi) is 8.25. The Morgan fingerprint density at radius 2 is 1.85 bits per heavy atom. The molecule has 1 amide bonds. The van der Waals surface area contributed by atoms with Gasteiger partial charge in [0.15, 0.2) is 5.16 Å². The van der Waals surface area contributed by atoms with Gasteiger partial charge in [-0.25, -0.2) is 15.4 Å². The number of allylic oxidation sites excluding steroid dienone is 4. The quantitative estimate of drug-likeness (QED) is 0.169. The molecule has 0 bridgehead atoms. The van der Waals surface area contributed by atoms with E-state index in [0.717, 1.165) is 40.0 Å². The molecule has 0 saturated carbocycles. The van der Waals surface area contributed by atoms with Crippen LogP contribution in [0.25, 0.3) is 0 Å². The summed E-state index contributed by atoms with van der Waals surface area (Å²) in [5.74, 6) is 0.929. The highest BCUT2D eigenvalue weighted by Crippen LogP contribution is 2.41. The summed E-state index contributed by atoms with van der Waals surface area (Å²) in [7, 11) is 0. The van der Waals surface area contributed by atoms with Crippen molar-refractivity contribution >= 4 is 23.4 Å². The number of thioether (sulfide) groups is 1. The second-order valence-corrected chi connectivity index (χ2v) is 10.4. The lowest BCUT2D eigenvalue weighted by Crippen LogP contribution is -2.26. The molecular formula is C27H34N4OS. The molecule has 1 N–H and O–H groups in total. The van der Waals surface area contributed by atoms with Crippen molar-refractivity contribution < 1.29 is 4.79 Å². The molecule has 1 aliphatic carbocycles. The van der Waals surface area contributed by atoms with Gasteiger partial charge in [-0.15, -0.1) is 0 Å². The van der Waals surface area contributed by atoms with E-state index in [1.165, 1.54) is 12.0 Å². The first kappa shape index (κ1) is 24.9. The van der Waals surface area contributed by atoms with E-state index in [1.54, 1.807) is 11.8 Å². The molecule has 1 aliphatic rings. The summed E-state index contributed by atoms with van der Waals surface area (Å²) in [5.41, 5.74) is 8.72. The van der Waals surface area contributed by atoms with Gasteiger partial charge in [0, 0.05) is 28.6 Å². The van der Waals surface area contributed by atoms with Crippen LogP contribution in [0.15, 0.2) is 64.4 Å². The maximum Gasteiger partial charge on any atom is 0.271 e. The molecule has 1 unspecified atom stereocenters. The Labute approximate surface area is 201 Å². The number of aromatic nitrogens is 2. The lowest BCUT2D eigenvalue weighted by atomic mass is 9.68. The highest BCUT2D eigenvalue weighted by molar-refractivity contribution is 7.98. The summed E-state index contributed by atoms with van der Waals surface area (Å²) < 4.78 is 0. The van der Waals surface area contributed by atoms with Gasteiger partial charge in [-0.1, -0.05) is 55.5 Å². The molecule has 5 nitrogen and oxygen atoms in total. The molecule has 0 spiro atoms. The van der Waals surface area contributed by atoms with Crippen LogP contribution in [-0.4, -0.2) is 21.6 Å². The first-order valence-corrected chi connectivity index (χ1v) is 12.4. The minimum Gasteiger partial charge on any atom is -0.267 e. The molecule has 0 aliphatic heterocycles. The van der Waals surface area contributed by atoms with E-state index in [2.05, 4.69) is 53.4 Å². The van der Waals surface area contributed by atoms with E-state index in [1.807, 2.05) is 57.2 Å². The summed E-state index contributed by atoms with van der Waals surface area (Å²) >= 11 is 1.59. The predicted octanol–water partition coefficient (Wildman–Crippen LogP) is 6.43. The number of nitrogens with zero attached hydrogens (tertiary/aromatic N) is 3. The summed E-state index contributed by atoms with van der Waals surface area (Å²) in [6.45, 7) is 12.7. The standard InChI is InChI=1S/C27H34N4OS/c1-18-8-7-15-27(5,6)24(18)14-9-19(2)30-31-25(32)23-12-10-22(11-13-23)17-33-26-28-20(3)16-21(4)29-26/h8-14,16,24H,7,15,17H2,1-6H3,(H,31,32)/b14-9+,30-19+. The number of nitrogens with one attached hydrogen (secondary N) is 1. The van der Waals surface area contributed by atoms with E-state index >= 15 is 0 Å². The molecule has 0 saturated heterocycles. The number of hydrogen-bond donors (Lipinski definition) is 1. The molecule has 2 aromatic rings. The highest BCUT2D eigenvalue weighted by atomic mass is 32.2. The van der Waals surface area contributed by atoms with Crippen LogP contribution in [0.5, 0.6) is 0 Å². The van der Waals surface area contributed by atoms with Gasteiger partial charge >= 0.3 is 0 Å². The second-order valence-electron chi connectivity index (χ2n) is 9.43. The van der Waals surface area contributed by atoms with E-state index in [0.29, 0.717) is 11.5 Å². The SMILES string of the molecule is CC1=CCCC(C)(C)C1/C=C/C(C)=N/NC(=O)c1ccc(CSc2nc(C)cc(C)n2)cc1. The monoisotopic (exact) mass is 462 g/mol. The Hall–Kier alpha value is -2.73. The first-order valence-electron chi connectivity index (χ1n) is 11.4. The zero-order valence-corrected chi connectivity index (χ0v) is 21.3. The van der Waals surface area contributed by atoms with Crippen molar-refractivity contribution in [3.8, 4) is 0 Å². The van der Waals surface area contributed by atoms with Crippen LogP contribution in [0.4, 0.5) is 0 Å². The molecule has 1 heterocycles. The number of carbonyl (C=O) groups is 1. The minimum atomic E-state index is -0.214. The molecule has 1 aromatic carbocycles. The van der Waals surface area contributed by atoms with Crippen molar-refractivity contribution in [2.75, 3.05) is 0 Å². The third-order valence-electron chi connectivity index (χ3n) is 6.00. The third kappa shape index (κ3) is 7.13. The minimum absolute atomic E-state index is 0.214. The van der Waals surface area contributed by atoms with Crippen molar-refractivity contribution in [3.05, 3.63) is 76.6 Å². The van der Waals surface area contributed by atoms with Crippen molar-refractivity contribution in [1.29, 1.82) is 0 Å². The maximum atomic E-state index is 12.5. The van der Waals surface area contributed by atoms with Gasteiger partial charge in [-0.3, -0.25) is 4.79 Å². The largest absolute Gasteiger partial charge is 0.271 e. The number of amides is 1. The first-order chi connectivity index (χ1) is 15.6. The summed E-state index contributed by atoms with van der Waals surface area (Å²) in [6.07, 6.45) is 8.86. The molecule has 1 atom stereocenters. The highest BCUT2D eigenvalue weighted by Gasteiger charge is 2.30. The number of rotatable bonds is 7. The lowest BCUT2D eigenvalue weighted by molar-refractivity contribution is 0.0955. The Morgan fingerprint density at radius 1 is 1.18 bits per heavy atom. The smallest absolute Gasteiger partial charge is 0.267 e.